The van der Waals surface area contributed by atoms with Gasteiger partial charge in [-0.25, -0.2) is 9.18 Å². The summed E-state index contributed by atoms with van der Waals surface area (Å²) in [5, 5.41) is 0.953. The molecular formula is C19H16FNO3. The van der Waals surface area contributed by atoms with Crippen LogP contribution < -0.4 is 5.56 Å². The SMILES string of the molecule is CCCOC(=O)c1cn(-c2ccc(F)cc2)c(=O)c2ccccc12. The molecule has 122 valence electrons. The van der Waals surface area contributed by atoms with Crippen molar-refractivity contribution in [1.82, 2.24) is 4.57 Å². The molecule has 2 aromatic carbocycles. The molecule has 0 amide bonds. The summed E-state index contributed by atoms with van der Waals surface area (Å²) >= 11 is 0. The minimum Gasteiger partial charge on any atom is -0.462 e. The highest BCUT2D eigenvalue weighted by molar-refractivity contribution is 6.04. The fourth-order valence-electron chi connectivity index (χ4n) is 2.52. The second kappa shape index (κ2) is 6.66. The van der Waals surface area contributed by atoms with Crippen molar-refractivity contribution in [2.45, 2.75) is 13.3 Å². The van der Waals surface area contributed by atoms with Gasteiger partial charge < -0.3 is 4.74 Å². The van der Waals surface area contributed by atoms with E-state index < -0.39 is 11.8 Å². The van der Waals surface area contributed by atoms with Gasteiger partial charge >= 0.3 is 5.97 Å². The number of halogens is 1. The number of ether oxygens (including phenoxy) is 1. The third kappa shape index (κ3) is 2.93. The van der Waals surface area contributed by atoms with Crippen molar-refractivity contribution in [2.24, 2.45) is 0 Å². The Bertz CT molecular complexity index is 945. The molecule has 0 N–H and O–H groups in total. The smallest absolute Gasteiger partial charge is 0.340 e. The Kier molecular flexibility index (Phi) is 4.42. The van der Waals surface area contributed by atoms with Crippen LogP contribution >= 0.6 is 0 Å². The lowest BCUT2D eigenvalue weighted by Crippen LogP contribution is -2.21. The van der Waals surface area contributed by atoms with Crippen molar-refractivity contribution in [1.29, 1.82) is 0 Å². The van der Waals surface area contributed by atoms with Crippen molar-refractivity contribution >= 4 is 16.7 Å². The molecule has 0 saturated carbocycles. The standard InChI is InChI=1S/C19H16FNO3/c1-2-11-24-19(23)17-12-21(14-9-7-13(20)8-10-14)18(22)16-6-4-3-5-15(16)17/h3-10,12H,2,11H2,1H3. The van der Waals surface area contributed by atoms with E-state index in [1.54, 1.807) is 24.3 Å². The molecule has 1 heterocycles. The molecule has 5 heteroatoms. The number of carbonyl (C=O) groups excluding carboxylic acids is 1. The molecular weight excluding hydrogens is 309 g/mol. The molecule has 0 saturated heterocycles. The Morgan fingerprint density at radius 3 is 2.42 bits per heavy atom. The summed E-state index contributed by atoms with van der Waals surface area (Å²) in [5.74, 6) is -0.876. The van der Waals surface area contributed by atoms with Crippen molar-refractivity contribution in [3.8, 4) is 5.69 Å². The van der Waals surface area contributed by atoms with Gasteiger partial charge in [-0.2, -0.15) is 0 Å². The zero-order valence-electron chi connectivity index (χ0n) is 13.2. The van der Waals surface area contributed by atoms with E-state index in [1.165, 1.54) is 35.0 Å². The van der Waals surface area contributed by atoms with Gasteiger partial charge in [-0.1, -0.05) is 25.1 Å². The number of fused-ring (bicyclic) bond motifs is 1. The molecule has 24 heavy (non-hydrogen) atoms. The van der Waals surface area contributed by atoms with Crippen molar-refractivity contribution < 1.29 is 13.9 Å². The number of aromatic nitrogens is 1. The normalized spacial score (nSPS) is 10.8. The van der Waals surface area contributed by atoms with Crippen LogP contribution in [0.15, 0.2) is 59.5 Å². The number of nitrogens with zero attached hydrogens (tertiary/aromatic N) is 1. The summed E-state index contributed by atoms with van der Waals surface area (Å²) in [7, 11) is 0. The summed E-state index contributed by atoms with van der Waals surface area (Å²) in [6.07, 6.45) is 2.16. The van der Waals surface area contributed by atoms with Crippen LogP contribution in [-0.2, 0) is 4.74 Å². The molecule has 0 atom stereocenters. The maximum Gasteiger partial charge on any atom is 0.340 e. The van der Waals surface area contributed by atoms with Crippen LogP contribution in [-0.4, -0.2) is 17.1 Å². The van der Waals surface area contributed by atoms with E-state index >= 15 is 0 Å². The van der Waals surface area contributed by atoms with Gasteiger partial charge in [0.2, 0.25) is 0 Å². The molecule has 0 aliphatic carbocycles. The first-order valence-electron chi connectivity index (χ1n) is 7.69. The van der Waals surface area contributed by atoms with Gasteiger partial charge in [0.25, 0.3) is 5.56 Å². The molecule has 3 rings (SSSR count). The molecule has 0 fully saturated rings. The number of hydrogen-bond acceptors (Lipinski definition) is 3. The van der Waals surface area contributed by atoms with E-state index in [9.17, 15) is 14.0 Å². The van der Waals surface area contributed by atoms with Gasteiger partial charge in [0.05, 0.1) is 12.2 Å². The summed E-state index contributed by atoms with van der Waals surface area (Å²) in [5.41, 5.74) is 0.518. The first-order valence-corrected chi connectivity index (χ1v) is 7.69. The van der Waals surface area contributed by atoms with Crippen molar-refractivity contribution in [2.75, 3.05) is 6.61 Å². The Hall–Kier alpha value is -2.95. The van der Waals surface area contributed by atoms with Gasteiger partial charge in [0, 0.05) is 22.7 Å². The van der Waals surface area contributed by atoms with Crippen LogP contribution in [0.5, 0.6) is 0 Å². The van der Waals surface area contributed by atoms with Gasteiger partial charge in [-0.05, 0) is 36.8 Å². The maximum absolute atomic E-state index is 13.1. The highest BCUT2D eigenvalue weighted by atomic mass is 19.1. The Labute approximate surface area is 138 Å². The van der Waals surface area contributed by atoms with Crippen LogP contribution in [0.1, 0.15) is 23.7 Å². The second-order valence-corrected chi connectivity index (χ2v) is 5.38. The summed E-state index contributed by atoms with van der Waals surface area (Å²) < 4.78 is 19.7. The highest BCUT2D eigenvalue weighted by Gasteiger charge is 2.16. The molecule has 4 nitrogen and oxygen atoms in total. The maximum atomic E-state index is 13.1. The number of rotatable bonds is 4. The average molecular weight is 325 g/mol. The Balaban J connectivity index is 2.23. The zero-order chi connectivity index (χ0) is 17.1. The minimum absolute atomic E-state index is 0.274. The van der Waals surface area contributed by atoms with Crippen LogP contribution in [0.4, 0.5) is 4.39 Å². The lowest BCUT2D eigenvalue weighted by Gasteiger charge is -2.12. The first-order chi connectivity index (χ1) is 11.6. The lowest BCUT2D eigenvalue weighted by molar-refractivity contribution is 0.0506. The highest BCUT2D eigenvalue weighted by Crippen LogP contribution is 2.19. The fourth-order valence-corrected chi connectivity index (χ4v) is 2.52. The van der Waals surface area contributed by atoms with E-state index in [0.29, 0.717) is 35.1 Å². The second-order valence-electron chi connectivity index (χ2n) is 5.38. The largest absolute Gasteiger partial charge is 0.462 e. The van der Waals surface area contributed by atoms with Crippen LogP contribution in [0.2, 0.25) is 0 Å². The quantitative estimate of drug-likeness (QED) is 0.687. The van der Waals surface area contributed by atoms with E-state index in [4.69, 9.17) is 4.74 Å². The van der Waals surface area contributed by atoms with Crippen LogP contribution in [0.25, 0.3) is 16.5 Å². The lowest BCUT2D eigenvalue weighted by atomic mass is 10.1. The monoisotopic (exact) mass is 325 g/mol. The third-order valence-electron chi connectivity index (χ3n) is 3.69. The predicted molar refractivity (Wildman–Crippen MR) is 90.1 cm³/mol. The van der Waals surface area contributed by atoms with Gasteiger partial charge in [0.1, 0.15) is 5.82 Å². The molecule has 0 radical (unpaired) electrons. The van der Waals surface area contributed by atoms with E-state index in [2.05, 4.69) is 0 Å². The van der Waals surface area contributed by atoms with E-state index in [1.807, 2.05) is 6.92 Å². The van der Waals surface area contributed by atoms with Crippen LogP contribution in [0, 0.1) is 5.82 Å². The molecule has 0 bridgehead atoms. The summed E-state index contributed by atoms with van der Waals surface area (Å²) in [6, 6.07) is 12.4. The molecule has 3 aromatic rings. The number of esters is 1. The summed E-state index contributed by atoms with van der Waals surface area (Å²) in [6.45, 7) is 2.22. The van der Waals surface area contributed by atoms with Gasteiger partial charge in [-0.15, -0.1) is 0 Å². The van der Waals surface area contributed by atoms with E-state index in [0.717, 1.165) is 0 Å². The number of benzene rings is 2. The third-order valence-corrected chi connectivity index (χ3v) is 3.69. The van der Waals surface area contributed by atoms with Crippen LogP contribution in [0.3, 0.4) is 0 Å². The molecule has 0 aliphatic heterocycles. The molecule has 1 aromatic heterocycles. The summed E-state index contributed by atoms with van der Waals surface area (Å²) in [4.78, 5) is 25.1. The zero-order valence-corrected chi connectivity index (χ0v) is 13.2. The minimum atomic E-state index is -0.482. The average Bonchev–Trinajstić information content (AvgIpc) is 2.61. The molecule has 0 unspecified atom stereocenters. The van der Waals surface area contributed by atoms with Crippen molar-refractivity contribution in [3.63, 3.8) is 0 Å². The predicted octanol–water partition coefficient (Wildman–Crippen LogP) is 3.70. The number of carbonyl (C=O) groups is 1. The van der Waals surface area contributed by atoms with Gasteiger partial charge in [-0.3, -0.25) is 9.36 Å². The first kappa shape index (κ1) is 15.9. The number of hydrogen-bond donors (Lipinski definition) is 0. The Morgan fingerprint density at radius 1 is 1.08 bits per heavy atom. The Morgan fingerprint density at radius 2 is 1.75 bits per heavy atom. The topological polar surface area (TPSA) is 48.3 Å². The molecule has 0 spiro atoms. The molecule has 0 aliphatic rings. The number of pyridine rings is 1. The van der Waals surface area contributed by atoms with E-state index in [-0.39, 0.29) is 5.56 Å². The fraction of sp³-hybridized carbons (Fsp3) is 0.158. The van der Waals surface area contributed by atoms with Crippen molar-refractivity contribution in [3.05, 3.63) is 76.5 Å². The van der Waals surface area contributed by atoms with Gasteiger partial charge in [0.15, 0.2) is 0 Å².